The number of rotatable bonds is 8. The monoisotopic (exact) mass is 410 g/mol. The fourth-order valence-corrected chi connectivity index (χ4v) is 3.67. The van der Waals surface area contributed by atoms with E-state index in [-0.39, 0.29) is 12.0 Å². The van der Waals surface area contributed by atoms with E-state index in [1.165, 1.54) is 5.56 Å². The molecule has 30 heavy (non-hydrogen) atoms. The smallest absolute Gasteiger partial charge is 0.251 e. The molecule has 1 amide bonds. The van der Waals surface area contributed by atoms with Gasteiger partial charge in [0.25, 0.3) is 5.91 Å². The molecule has 1 fully saturated rings. The molecule has 0 saturated carbocycles. The van der Waals surface area contributed by atoms with E-state index in [1.54, 1.807) is 0 Å². The van der Waals surface area contributed by atoms with Gasteiger partial charge in [-0.3, -0.25) is 9.69 Å². The third-order valence-electron chi connectivity index (χ3n) is 5.57. The van der Waals surface area contributed by atoms with Crippen LogP contribution in [0.5, 0.6) is 0 Å². The second kappa shape index (κ2) is 10.5. The second-order valence-corrected chi connectivity index (χ2v) is 8.19. The zero-order valence-corrected chi connectivity index (χ0v) is 18.6. The Morgan fingerprint density at radius 3 is 2.57 bits per heavy atom. The van der Waals surface area contributed by atoms with Crippen LogP contribution in [0.1, 0.15) is 49.2 Å². The van der Waals surface area contributed by atoms with Crippen LogP contribution in [-0.4, -0.2) is 54.2 Å². The molecule has 3 rings (SSSR count). The SMILES string of the molecule is CCN(Cc1ccc(C(=O)NCc2ccc(N3CCOC(C)C3)nc2)cc1)C(C)C. The molecule has 1 unspecified atom stereocenters. The number of hydrogen-bond donors (Lipinski definition) is 1. The molecule has 1 aliphatic rings. The molecule has 6 heteroatoms. The summed E-state index contributed by atoms with van der Waals surface area (Å²) in [5, 5.41) is 2.99. The predicted octanol–water partition coefficient (Wildman–Crippen LogP) is 3.47. The molecule has 6 nitrogen and oxygen atoms in total. The maximum Gasteiger partial charge on any atom is 0.251 e. The third kappa shape index (κ3) is 6.03. The van der Waals surface area contributed by atoms with Crippen molar-refractivity contribution in [3.05, 3.63) is 59.3 Å². The predicted molar refractivity (Wildman–Crippen MR) is 121 cm³/mol. The van der Waals surface area contributed by atoms with Crippen LogP contribution in [0.25, 0.3) is 0 Å². The van der Waals surface area contributed by atoms with Gasteiger partial charge in [0.1, 0.15) is 5.82 Å². The Hall–Kier alpha value is -2.44. The third-order valence-corrected chi connectivity index (χ3v) is 5.57. The lowest BCUT2D eigenvalue weighted by molar-refractivity contribution is 0.0529. The Labute approximate surface area is 180 Å². The van der Waals surface area contributed by atoms with Crippen LogP contribution in [0, 0.1) is 0 Å². The van der Waals surface area contributed by atoms with Gasteiger partial charge in [0.2, 0.25) is 0 Å². The van der Waals surface area contributed by atoms with Crippen molar-refractivity contribution in [2.45, 2.75) is 52.9 Å². The van der Waals surface area contributed by atoms with Gasteiger partial charge < -0.3 is 15.0 Å². The Bertz CT molecular complexity index is 805. The van der Waals surface area contributed by atoms with Gasteiger partial charge in [-0.05, 0) is 56.6 Å². The number of nitrogens with one attached hydrogen (secondary N) is 1. The normalized spacial score (nSPS) is 16.9. The Kier molecular flexibility index (Phi) is 7.82. The van der Waals surface area contributed by atoms with Crippen molar-refractivity contribution < 1.29 is 9.53 Å². The van der Waals surface area contributed by atoms with Crippen molar-refractivity contribution in [1.82, 2.24) is 15.2 Å². The molecule has 0 radical (unpaired) electrons. The lowest BCUT2D eigenvalue weighted by Crippen LogP contribution is -2.41. The highest BCUT2D eigenvalue weighted by molar-refractivity contribution is 5.94. The van der Waals surface area contributed by atoms with Crippen molar-refractivity contribution in [2.75, 3.05) is 31.1 Å². The Morgan fingerprint density at radius 2 is 1.97 bits per heavy atom. The van der Waals surface area contributed by atoms with Gasteiger partial charge in [-0.15, -0.1) is 0 Å². The number of aromatic nitrogens is 1. The molecule has 162 valence electrons. The number of nitrogens with zero attached hydrogens (tertiary/aromatic N) is 3. The largest absolute Gasteiger partial charge is 0.375 e. The maximum atomic E-state index is 12.5. The van der Waals surface area contributed by atoms with Gasteiger partial charge in [-0.25, -0.2) is 4.98 Å². The van der Waals surface area contributed by atoms with Crippen molar-refractivity contribution in [3.8, 4) is 0 Å². The quantitative estimate of drug-likeness (QED) is 0.722. The fourth-order valence-electron chi connectivity index (χ4n) is 3.67. The molecule has 0 aliphatic carbocycles. The molecule has 1 aromatic carbocycles. The summed E-state index contributed by atoms with van der Waals surface area (Å²) in [7, 11) is 0. The molecule has 0 bridgehead atoms. The summed E-state index contributed by atoms with van der Waals surface area (Å²) >= 11 is 0. The van der Waals surface area contributed by atoms with E-state index in [9.17, 15) is 4.79 Å². The lowest BCUT2D eigenvalue weighted by Gasteiger charge is -2.32. The first kappa shape index (κ1) is 22.2. The van der Waals surface area contributed by atoms with E-state index >= 15 is 0 Å². The van der Waals surface area contributed by atoms with Crippen LogP contribution in [-0.2, 0) is 17.8 Å². The van der Waals surface area contributed by atoms with Gasteiger partial charge in [-0.2, -0.15) is 0 Å². The Balaban J connectivity index is 1.51. The molecule has 0 spiro atoms. The summed E-state index contributed by atoms with van der Waals surface area (Å²) in [4.78, 5) is 21.7. The molecule has 1 N–H and O–H groups in total. The fraction of sp³-hybridized carbons (Fsp3) is 0.500. The highest BCUT2D eigenvalue weighted by Crippen LogP contribution is 2.16. The molecular formula is C24H34N4O2. The zero-order chi connectivity index (χ0) is 21.5. The Morgan fingerprint density at radius 1 is 1.23 bits per heavy atom. The number of pyridine rings is 1. The van der Waals surface area contributed by atoms with Gasteiger partial charge in [0.15, 0.2) is 0 Å². The summed E-state index contributed by atoms with van der Waals surface area (Å²) in [6.45, 7) is 13.5. The van der Waals surface area contributed by atoms with E-state index < -0.39 is 0 Å². The topological polar surface area (TPSA) is 57.7 Å². The number of carbonyl (C=O) groups is 1. The molecule has 1 saturated heterocycles. The number of ether oxygens (including phenoxy) is 1. The van der Waals surface area contributed by atoms with Crippen molar-refractivity contribution in [2.24, 2.45) is 0 Å². The zero-order valence-electron chi connectivity index (χ0n) is 18.6. The second-order valence-electron chi connectivity index (χ2n) is 8.19. The summed E-state index contributed by atoms with van der Waals surface area (Å²) in [6, 6.07) is 12.4. The average Bonchev–Trinajstić information content (AvgIpc) is 2.76. The maximum absolute atomic E-state index is 12.5. The van der Waals surface area contributed by atoms with Gasteiger partial charge in [-0.1, -0.05) is 25.1 Å². The van der Waals surface area contributed by atoms with E-state index in [0.29, 0.717) is 18.2 Å². The number of amides is 1. The van der Waals surface area contributed by atoms with Crippen LogP contribution in [0.2, 0.25) is 0 Å². The van der Waals surface area contributed by atoms with Gasteiger partial charge in [0.05, 0.1) is 12.7 Å². The molecule has 1 aromatic heterocycles. The molecule has 1 atom stereocenters. The number of anilines is 1. The first-order valence-electron chi connectivity index (χ1n) is 10.9. The summed E-state index contributed by atoms with van der Waals surface area (Å²) in [6.07, 6.45) is 2.06. The van der Waals surface area contributed by atoms with E-state index in [4.69, 9.17) is 4.74 Å². The van der Waals surface area contributed by atoms with Crippen LogP contribution < -0.4 is 10.2 Å². The van der Waals surface area contributed by atoms with Crippen molar-refractivity contribution >= 4 is 11.7 Å². The average molecular weight is 411 g/mol. The minimum Gasteiger partial charge on any atom is -0.375 e. The van der Waals surface area contributed by atoms with Crippen LogP contribution >= 0.6 is 0 Å². The van der Waals surface area contributed by atoms with Gasteiger partial charge in [0, 0.05) is 44.0 Å². The van der Waals surface area contributed by atoms with Crippen molar-refractivity contribution in [3.63, 3.8) is 0 Å². The highest BCUT2D eigenvalue weighted by atomic mass is 16.5. The number of morpholine rings is 1. The summed E-state index contributed by atoms with van der Waals surface area (Å²) < 4.78 is 5.58. The van der Waals surface area contributed by atoms with E-state index in [0.717, 1.165) is 44.2 Å². The minimum atomic E-state index is -0.0659. The van der Waals surface area contributed by atoms with Crippen LogP contribution in [0.4, 0.5) is 5.82 Å². The number of hydrogen-bond acceptors (Lipinski definition) is 5. The molecule has 2 heterocycles. The van der Waals surface area contributed by atoms with E-state index in [1.807, 2.05) is 42.6 Å². The van der Waals surface area contributed by atoms with E-state index in [2.05, 4.69) is 47.8 Å². The molecular weight excluding hydrogens is 376 g/mol. The lowest BCUT2D eigenvalue weighted by atomic mass is 10.1. The molecule has 1 aliphatic heterocycles. The van der Waals surface area contributed by atoms with Gasteiger partial charge >= 0.3 is 0 Å². The number of benzene rings is 1. The minimum absolute atomic E-state index is 0.0659. The van der Waals surface area contributed by atoms with Crippen LogP contribution in [0.15, 0.2) is 42.6 Å². The first-order chi connectivity index (χ1) is 14.5. The van der Waals surface area contributed by atoms with Crippen molar-refractivity contribution in [1.29, 1.82) is 0 Å². The molecule has 2 aromatic rings. The number of carbonyl (C=O) groups excluding carboxylic acids is 1. The summed E-state index contributed by atoms with van der Waals surface area (Å²) in [5.41, 5.74) is 2.89. The van der Waals surface area contributed by atoms with Crippen LogP contribution in [0.3, 0.4) is 0 Å². The standard InChI is InChI=1S/C24H34N4O2/c1-5-27(18(2)3)17-20-6-9-22(10-7-20)24(29)26-15-21-8-11-23(25-14-21)28-12-13-30-19(4)16-28/h6-11,14,18-19H,5,12-13,15-17H2,1-4H3,(H,26,29). The highest BCUT2D eigenvalue weighted by Gasteiger charge is 2.17. The summed E-state index contributed by atoms with van der Waals surface area (Å²) in [5.74, 6) is 0.891. The first-order valence-corrected chi connectivity index (χ1v) is 10.9.